The van der Waals surface area contributed by atoms with Gasteiger partial charge in [0.15, 0.2) is 0 Å². The zero-order chi connectivity index (χ0) is 13.9. The van der Waals surface area contributed by atoms with Crippen molar-refractivity contribution in [2.45, 2.75) is 51.0 Å². The first-order chi connectivity index (χ1) is 9.72. The summed E-state index contributed by atoms with van der Waals surface area (Å²) in [5, 5.41) is 12.0. The summed E-state index contributed by atoms with van der Waals surface area (Å²) in [6.07, 6.45) is 8.11. The number of rotatable bonds is 4. The predicted octanol–water partition coefficient (Wildman–Crippen LogP) is 5.48. The smallest absolute Gasteiger partial charge is 0.134 e. The molecular weight excluding hydrogens is 272 g/mol. The van der Waals surface area contributed by atoms with Crippen molar-refractivity contribution in [1.82, 2.24) is 0 Å². The highest BCUT2D eigenvalue weighted by Crippen LogP contribution is 2.32. The van der Waals surface area contributed by atoms with Crippen LogP contribution >= 0.6 is 11.6 Å². The highest BCUT2D eigenvalue weighted by Gasteiger charge is 2.18. The number of fused-ring (bicyclic) bond motifs is 1. The van der Waals surface area contributed by atoms with Gasteiger partial charge in [0.25, 0.3) is 0 Å². The molecule has 108 valence electrons. The summed E-state index contributed by atoms with van der Waals surface area (Å²) in [6.45, 7) is 0. The van der Waals surface area contributed by atoms with Gasteiger partial charge in [-0.1, -0.05) is 43.7 Å². The highest BCUT2D eigenvalue weighted by atomic mass is 35.5. The molecule has 1 aromatic heterocycles. The maximum Gasteiger partial charge on any atom is 0.134 e. The summed E-state index contributed by atoms with van der Waals surface area (Å²) in [5.74, 6) is 1.45. The number of benzene rings is 1. The lowest BCUT2D eigenvalue weighted by Gasteiger charge is -2.22. The van der Waals surface area contributed by atoms with Crippen molar-refractivity contribution in [3.05, 3.63) is 35.0 Å². The fraction of sp³-hybridized carbons (Fsp3) is 0.529. The molecule has 3 heteroatoms. The summed E-state index contributed by atoms with van der Waals surface area (Å²) >= 11 is 5.97. The van der Waals surface area contributed by atoms with Gasteiger partial charge in [-0.25, -0.2) is 0 Å². The monoisotopic (exact) mass is 292 g/mol. The Labute approximate surface area is 124 Å². The molecule has 3 rings (SSSR count). The van der Waals surface area contributed by atoms with Gasteiger partial charge in [-0.05, 0) is 43.0 Å². The topological polar surface area (TPSA) is 33.4 Å². The van der Waals surface area contributed by atoms with E-state index >= 15 is 0 Å². The first-order valence-electron chi connectivity index (χ1n) is 7.59. The van der Waals surface area contributed by atoms with E-state index in [9.17, 15) is 5.11 Å². The molecular formula is C17H21ClO2. The number of aliphatic hydroxyl groups excluding tert-OH is 1. The molecule has 2 aromatic rings. The van der Waals surface area contributed by atoms with E-state index in [0.29, 0.717) is 10.8 Å². The number of aliphatic hydroxyl groups is 1. The van der Waals surface area contributed by atoms with Crippen LogP contribution in [0.5, 0.6) is 0 Å². The van der Waals surface area contributed by atoms with Crippen molar-refractivity contribution in [3.63, 3.8) is 0 Å². The minimum atomic E-state index is -0.497. The van der Waals surface area contributed by atoms with E-state index < -0.39 is 6.10 Å². The molecule has 1 aromatic carbocycles. The summed E-state index contributed by atoms with van der Waals surface area (Å²) < 4.78 is 5.72. The van der Waals surface area contributed by atoms with Crippen LogP contribution in [0.2, 0.25) is 5.02 Å². The van der Waals surface area contributed by atoms with Crippen LogP contribution in [0.4, 0.5) is 0 Å². The van der Waals surface area contributed by atoms with Crippen molar-refractivity contribution in [2.24, 2.45) is 5.92 Å². The summed E-state index contributed by atoms with van der Waals surface area (Å²) in [7, 11) is 0. The second kappa shape index (κ2) is 6.19. The van der Waals surface area contributed by atoms with Crippen LogP contribution in [0.25, 0.3) is 11.0 Å². The van der Waals surface area contributed by atoms with E-state index in [-0.39, 0.29) is 0 Å². The lowest BCUT2D eigenvalue weighted by molar-refractivity contribution is 0.129. The van der Waals surface area contributed by atoms with Gasteiger partial charge in [0, 0.05) is 10.4 Å². The highest BCUT2D eigenvalue weighted by molar-refractivity contribution is 6.31. The Bertz CT molecular complexity index is 569. The molecule has 1 N–H and O–H groups in total. The van der Waals surface area contributed by atoms with Crippen LogP contribution in [0.3, 0.4) is 0 Å². The average Bonchev–Trinajstić information content (AvgIpc) is 2.89. The Hall–Kier alpha value is -0.990. The maximum absolute atomic E-state index is 10.3. The molecule has 20 heavy (non-hydrogen) atoms. The third-order valence-corrected chi connectivity index (χ3v) is 4.63. The second-order valence-electron chi connectivity index (χ2n) is 5.93. The lowest BCUT2D eigenvalue weighted by atomic mass is 9.85. The summed E-state index contributed by atoms with van der Waals surface area (Å²) in [4.78, 5) is 0. The van der Waals surface area contributed by atoms with Crippen molar-refractivity contribution in [1.29, 1.82) is 0 Å². The van der Waals surface area contributed by atoms with E-state index in [4.69, 9.17) is 16.0 Å². The van der Waals surface area contributed by atoms with E-state index in [1.165, 1.54) is 32.1 Å². The molecule has 1 saturated carbocycles. The van der Waals surface area contributed by atoms with Crippen LogP contribution < -0.4 is 0 Å². The number of hydrogen-bond donors (Lipinski definition) is 1. The zero-order valence-corrected chi connectivity index (χ0v) is 12.4. The maximum atomic E-state index is 10.3. The molecule has 1 unspecified atom stereocenters. The van der Waals surface area contributed by atoms with Gasteiger partial charge < -0.3 is 9.52 Å². The van der Waals surface area contributed by atoms with E-state index in [1.807, 2.05) is 24.3 Å². The van der Waals surface area contributed by atoms with Crippen molar-refractivity contribution in [2.75, 3.05) is 0 Å². The fourth-order valence-electron chi connectivity index (χ4n) is 3.21. The van der Waals surface area contributed by atoms with E-state index in [2.05, 4.69) is 0 Å². The number of hydrogen-bond acceptors (Lipinski definition) is 2. The van der Waals surface area contributed by atoms with Crippen molar-refractivity contribution < 1.29 is 9.52 Å². The van der Waals surface area contributed by atoms with Gasteiger partial charge in [0.1, 0.15) is 17.4 Å². The van der Waals surface area contributed by atoms with Gasteiger partial charge in [0.05, 0.1) is 0 Å². The Morgan fingerprint density at radius 3 is 2.80 bits per heavy atom. The van der Waals surface area contributed by atoms with Gasteiger partial charge in [-0.3, -0.25) is 0 Å². The molecule has 2 nitrogen and oxygen atoms in total. The molecule has 0 amide bonds. The standard InChI is InChI=1S/C17H21ClO2/c18-14-7-9-16-13(10-14)11-17(20-16)15(19)8-6-12-4-2-1-3-5-12/h7,9-12,15,19H,1-6,8H2. The average molecular weight is 293 g/mol. The minimum Gasteiger partial charge on any atom is -0.458 e. The molecule has 0 bridgehead atoms. The van der Waals surface area contributed by atoms with Crippen LogP contribution in [0.1, 0.15) is 56.8 Å². The van der Waals surface area contributed by atoms with Gasteiger partial charge in [-0.15, -0.1) is 0 Å². The Balaban J connectivity index is 1.64. The molecule has 1 atom stereocenters. The Morgan fingerprint density at radius 2 is 2.00 bits per heavy atom. The van der Waals surface area contributed by atoms with Crippen LogP contribution in [0.15, 0.2) is 28.7 Å². The Morgan fingerprint density at radius 1 is 1.20 bits per heavy atom. The van der Waals surface area contributed by atoms with Crippen LogP contribution in [-0.4, -0.2) is 5.11 Å². The molecule has 0 aliphatic heterocycles. The molecule has 1 fully saturated rings. The molecule has 0 spiro atoms. The number of furan rings is 1. The first-order valence-corrected chi connectivity index (χ1v) is 7.97. The normalized spacial score (nSPS) is 18.5. The summed E-state index contributed by atoms with van der Waals surface area (Å²) in [6, 6.07) is 7.45. The predicted molar refractivity (Wildman–Crippen MR) is 82.0 cm³/mol. The minimum absolute atomic E-state index is 0.497. The number of halogens is 1. The van der Waals surface area contributed by atoms with Crippen LogP contribution in [-0.2, 0) is 0 Å². The first kappa shape index (κ1) is 14.0. The molecule has 0 radical (unpaired) electrons. The van der Waals surface area contributed by atoms with E-state index in [1.54, 1.807) is 0 Å². The van der Waals surface area contributed by atoms with Crippen molar-refractivity contribution >= 4 is 22.6 Å². The van der Waals surface area contributed by atoms with Gasteiger partial charge in [-0.2, -0.15) is 0 Å². The fourth-order valence-corrected chi connectivity index (χ4v) is 3.39. The zero-order valence-electron chi connectivity index (χ0n) is 11.6. The summed E-state index contributed by atoms with van der Waals surface area (Å²) in [5.41, 5.74) is 0.793. The quantitative estimate of drug-likeness (QED) is 0.809. The third-order valence-electron chi connectivity index (χ3n) is 4.40. The van der Waals surface area contributed by atoms with Crippen LogP contribution in [0, 0.1) is 5.92 Å². The van der Waals surface area contributed by atoms with Gasteiger partial charge in [0.2, 0.25) is 0 Å². The third kappa shape index (κ3) is 3.18. The molecule has 1 aliphatic rings. The van der Waals surface area contributed by atoms with E-state index in [0.717, 1.165) is 29.7 Å². The molecule has 1 heterocycles. The molecule has 1 aliphatic carbocycles. The van der Waals surface area contributed by atoms with Crippen molar-refractivity contribution in [3.8, 4) is 0 Å². The second-order valence-corrected chi connectivity index (χ2v) is 6.36. The SMILES string of the molecule is OC(CCC1CCCCC1)c1cc2cc(Cl)ccc2o1. The van der Waals surface area contributed by atoms with Gasteiger partial charge >= 0.3 is 0 Å². The largest absolute Gasteiger partial charge is 0.458 e. The Kier molecular flexibility index (Phi) is 4.32. The molecule has 0 saturated heterocycles. The lowest BCUT2D eigenvalue weighted by Crippen LogP contribution is -2.08.